The summed E-state index contributed by atoms with van der Waals surface area (Å²) in [4.78, 5) is 42.3. The van der Waals surface area contributed by atoms with E-state index in [0.717, 1.165) is 11.1 Å². The van der Waals surface area contributed by atoms with E-state index in [0.29, 0.717) is 43.7 Å². The summed E-state index contributed by atoms with van der Waals surface area (Å²) in [5.74, 6) is 0.373. The summed E-state index contributed by atoms with van der Waals surface area (Å²) in [5.41, 5.74) is 8.02. The minimum Gasteiger partial charge on any atom is -0.491 e. The fourth-order valence-electron chi connectivity index (χ4n) is 4.97. The summed E-state index contributed by atoms with van der Waals surface area (Å²) in [6, 6.07) is 13.9. The average Bonchev–Trinajstić information content (AvgIpc) is 3.27. The van der Waals surface area contributed by atoms with Gasteiger partial charge in [0.05, 0.1) is 18.1 Å². The minimum atomic E-state index is -0.718. The van der Waals surface area contributed by atoms with Crippen LogP contribution in [0.2, 0.25) is 0 Å². The third-order valence-corrected chi connectivity index (χ3v) is 6.83. The number of alkyl carbamates (subject to hydrolysis) is 1. The maximum atomic E-state index is 13.4. The van der Waals surface area contributed by atoms with Crippen molar-refractivity contribution in [2.45, 2.75) is 63.8 Å². The number of nitrogens with zero attached hydrogens (tertiary/aromatic N) is 2. The van der Waals surface area contributed by atoms with Gasteiger partial charge in [-0.15, -0.1) is 0 Å². The molecule has 2 aromatic carbocycles. The molecule has 0 unspecified atom stereocenters. The lowest BCUT2D eigenvalue weighted by Gasteiger charge is -2.28. The van der Waals surface area contributed by atoms with Gasteiger partial charge < -0.3 is 30.3 Å². The first-order valence-electron chi connectivity index (χ1n) is 13.1. The molecule has 0 saturated carbocycles. The van der Waals surface area contributed by atoms with Crippen LogP contribution in [0.15, 0.2) is 48.5 Å². The molecule has 0 aliphatic carbocycles. The Morgan fingerprint density at radius 3 is 2.61 bits per heavy atom. The Morgan fingerprint density at radius 2 is 1.84 bits per heavy atom. The van der Waals surface area contributed by atoms with Crippen LogP contribution in [0.1, 0.15) is 50.4 Å². The zero-order valence-electron chi connectivity index (χ0n) is 22.6. The molecule has 2 aliphatic heterocycles. The number of nitrogens with two attached hydrogens (primary N) is 1. The van der Waals surface area contributed by atoms with Crippen LogP contribution in [0.5, 0.6) is 5.75 Å². The van der Waals surface area contributed by atoms with Gasteiger partial charge in [-0.1, -0.05) is 30.3 Å². The fourth-order valence-corrected chi connectivity index (χ4v) is 4.97. The maximum absolute atomic E-state index is 13.4. The topological polar surface area (TPSA) is 114 Å². The number of ether oxygens (including phenoxy) is 2. The lowest BCUT2D eigenvalue weighted by molar-refractivity contribution is -0.134. The van der Waals surface area contributed by atoms with E-state index in [1.807, 2.05) is 63.2 Å². The van der Waals surface area contributed by atoms with Crippen molar-refractivity contribution in [3.8, 4) is 16.9 Å². The number of rotatable bonds is 1. The Kier molecular flexibility index (Phi) is 8.26. The van der Waals surface area contributed by atoms with Gasteiger partial charge in [0.2, 0.25) is 5.91 Å². The number of benzene rings is 2. The lowest BCUT2D eigenvalue weighted by Crippen LogP contribution is -2.48. The van der Waals surface area contributed by atoms with Crippen LogP contribution in [0.25, 0.3) is 11.1 Å². The van der Waals surface area contributed by atoms with Crippen molar-refractivity contribution < 1.29 is 23.9 Å². The molecule has 2 aromatic rings. The number of fused-ring (bicyclic) bond motifs is 5. The molecule has 9 nitrogen and oxygen atoms in total. The zero-order valence-corrected chi connectivity index (χ0v) is 22.6. The number of carbonyl (C=O) groups is 3. The summed E-state index contributed by atoms with van der Waals surface area (Å²) >= 11 is 0. The lowest BCUT2D eigenvalue weighted by atomic mass is 10.0. The highest BCUT2D eigenvalue weighted by Gasteiger charge is 2.39. The van der Waals surface area contributed by atoms with Gasteiger partial charge >= 0.3 is 6.09 Å². The van der Waals surface area contributed by atoms with Crippen LogP contribution in [0.3, 0.4) is 0 Å². The van der Waals surface area contributed by atoms with E-state index >= 15 is 0 Å². The molecule has 3 N–H and O–H groups in total. The van der Waals surface area contributed by atoms with Crippen LogP contribution in [-0.2, 0) is 9.53 Å². The van der Waals surface area contributed by atoms with E-state index in [2.05, 4.69) is 5.32 Å². The van der Waals surface area contributed by atoms with E-state index in [1.165, 1.54) is 0 Å². The number of para-hydroxylation sites is 1. The molecule has 0 radical (unpaired) electrons. The molecule has 1 saturated heterocycles. The standard InChI is InChI=1S/C29H38N4O5/c1-29(2,3)38-28(36)31-21-16-22-18-37-25-13-6-5-11-23(25)19-9-7-10-20(15-19)26(34)32(4)14-8-12-24(30)27(35)33(22)17-21/h5-7,9-11,13,15,21-22,24H,8,12,14,16-18,30H2,1-4H3,(H,31,36)/t21-,22-,24-/m0/s1. The van der Waals surface area contributed by atoms with Crippen molar-refractivity contribution in [1.82, 2.24) is 15.1 Å². The Labute approximate surface area is 224 Å². The number of nitrogens with one attached hydrogen (secondary N) is 1. The van der Waals surface area contributed by atoms with Crippen molar-refractivity contribution >= 4 is 17.9 Å². The average molecular weight is 523 g/mol. The SMILES string of the molecule is CN1CCC[C@H](N)C(=O)N2C[C@@H](NC(=O)OC(C)(C)C)C[C@H]2COc2ccccc2-c2cccc(c2)C1=O. The summed E-state index contributed by atoms with van der Waals surface area (Å²) in [6.45, 7) is 6.47. The predicted octanol–water partition coefficient (Wildman–Crippen LogP) is 3.42. The number of amides is 3. The molecule has 0 aromatic heterocycles. The Hall–Kier alpha value is -3.59. The Morgan fingerprint density at radius 1 is 1.11 bits per heavy atom. The molecule has 2 aliphatic rings. The van der Waals surface area contributed by atoms with Crippen LogP contribution >= 0.6 is 0 Å². The summed E-state index contributed by atoms with van der Waals surface area (Å²) in [6.07, 6.45) is 1.03. The van der Waals surface area contributed by atoms with Crippen molar-refractivity contribution in [3.63, 3.8) is 0 Å². The smallest absolute Gasteiger partial charge is 0.407 e. The highest BCUT2D eigenvalue weighted by molar-refractivity contribution is 5.95. The van der Waals surface area contributed by atoms with Crippen LogP contribution < -0.4 is 15.8 Å². The highest BCUT2D eigenvalue weighted by Crippen LogP contribution is 2.32. The van der Waals surface area contributed by atoms with Gasteiger partial charge in [-0.05, 0) is 63.8 Å². The molecule has 3 atom stereocenters. The van der Waals surface area contributed by atoms with Crippen molar-refractivity contribution in [2.75, 3.05) is 26.7 Å². The number of hydrogen-bond acceptors (Lipinski definition) is 6. The van der Waals surface area contributed by atoms with Gasteiger partial charge in [-0.3, -0.25) is 9.59 Å². The van der Waals surface area contributed by atoms with E-state index in [4.69, 9.17) is 15.2 Å². The first kappa shape index (κ1) is 27.4. The second-order valence-electron chi connectivity index (χ2n) is 11.1. The third kappa shape index (κ3) is 6.64. The second kappa shape index (κ2) is 11.4. The van der Waals surface area contributed by atoms with E-state index in [9.17, 15) is 14.4 Å². The summed E-state index contributed by atoms with van der Waals surface area (Å²) in [7, 11) is 1.76. The summed E-state index contributed by atoms with van der Waals surface area (Å²) in [5, 5.41) is 2.90. The van der Waals surface area contributed by atoms with Gasteiger partial charge in [-0.25, -0.2) is 4.79 Å². The summed E-state index contributed by atoms with van der Waals surface area (Å²) < 4.78 is 11.7. The molecule has 4 rings (SSSR count). The van der Waals surface area contributed by atoms with Crippen LogP contribution in [-0.4, -0.2) is 78.2 Å². The molecule has 2 bridgehead atoms. The molecule has 38 heavy (non-hydrogen) atoms. The van der Waals surface area contributed by atoms with Crippen molar-refractivity contribution in [2.24, 2.45) is 5.73 Å². The van der Waals surface area contributed by atoms with Gasteiger partial charge in [0.25, 0.3) is 5.91 Å². The highest BCUT2D eigenvalue weighted by atomic mass is 16.6. The molecule has 2 heterocycles. The molecule has 3 amide bonds. The first-order valence-corrected chi connectivity index (χ1v) is 13.1. The number of carbonyl (C=O) groups excluding carboxylic acids is 3. The van der Waals surface area contributed by atoms with Gasteiger partial charge in [0.1, 0.15) is 18.0 Å². The van der Waals surface area contributed by atoms with E-state index in [1.54, 1.807) is 22.9 Å². The molecule has 9 heteroatoms. The van der Waals surface area contributed by atoms with Crippen LogP contribution in [0, 0.1) is 0 Å². The Balaban J connectivity index is 1.61. The molecule has 0 spiro atoms. The second-order valence-corrected chi connectivity index (χ2v) is 11.1. The molecule has 204 valence electrons. The predicted molar refractivity (Wildman–Crippen MR) is 145 cm³/mol. The quantitative estimate of drug-likeness (QED) is 0.593. The normalized spacial score (nSPS) is 22.8. The van der Waals surface area contributed by atoms with Crippen molar-refractivity contribution in [1.29, 1.82) is 0 Å². The minimum absolute atomic E-state index is 0.0899. The first-order chi connectivity index (χ1) is 18.0. The van der Waals surface area contributed by atoms with E-state index < -0.39 is 17.7 Å². The Bertz CT molecular complexity index is 1180. The van der Waals surface area contributed by atoms with Gasteiger partial charge in [-0.2, -0.15) is 0 Å². The maximum Gasteiger partial charge on any atom is 0.407 e. The van der Waals surface area contributed by atoms with E-state index in [-0.39, 0.29) is 30.5 Å². The van der Waals surface area contributed by atoms with Crippen molar-refractivity contribution in [3.05, 3.63) is 54.1 Å². The van der Waals surface area contributed by atoms with Crippen LogP contribution in [0.4, 0.5) is 4.79 Å². The van der Waals surface area contributed by atoms with Gasteiger partial charge in [0, 0.05) is 31.3 Å². The zero-order chi connectivity index (χ0) is 27.4. The molecular formula is C29H38N4O5. The monoisotopic (exact) mass is 522 g/mol. The third-order valence-electron chi connectivity index (χ3n) is 6.83. The largest absolute Gasteiger partial charge is 0.491 e. The van der Waals surface area contributed by atoms with Gasteiger partial charge in [0.15, 0.2) is 0 Å². The fraction of sp³-hybridized carbons (Fsp3) is 0.483. The molecular weight excluding hydrogens is 484 g/mol. The number of hydrogen-bond donors (Lipinski definition) is 2. The molecule has 1 fully saturated rings.